The predicted octanol–water partition coefficient (Wildman–Crippen LogP) is 6.46. The van der Waals surface area contributed by atoms with Gasteiger partial charge in [0.05, 0.1) is 7.11 Å². The standard InChI is InChI=1S/C19H36O3Si2/c1-18(2,3)23(8,9)21-16-12-15(20-7)13-17(14-16)22-24(10,11)19(4,5)6/h12-14H,1-11H3. The van der Waals surface area contributed by atoms with Crippen LogP contribution >= 0.6 is 0 Å². The average Bonchev–Trinajstić information content (AvgIpc) is 2.34. The van der Waals surface area contributed by atoms with Crippen molar-refractivity contribution in [2.75, 3.05) is 7.11 Å². The normalized spacial score (nSPS) is 13.6. The van der Waals surface area contributed by atoms with Gasteiger partial charge in [0.1, 0.15) is 17.2 Å². The zero-order valence-corrected chi connectivity index (χ0v) is 19.5. The first-order chi connectivity index (χ1) is 10.6. The summed E-state index contributed by atoms with van der Waals surface area (Å²) in [5.74, 6) is 2.46. The Hall–Kier alpha value is -0.946. The number of rotatable bonds is 5. The molecule has 1 aromatic carbocycles. The molecule has 0 bridgehead atoms. The molecule has 0 aliphatic rings. The van der Waals surface area contributed by atoms with Gasteiger partial charge in [-0.25, -0.2) is 0 Å². The van der Waals surface area contributed by atoms with E-state index in [0.29, 0.717) is 0 Å². The molecule has 0 amide bonds. The topological polar surface area (TPSA) is 27.7 Å². The van der Waals surface area contributed by atoms with Crippen LogP contribution in [0.5, 0.6) is 17.2 Å². The van der Waals surface area contributed by atoms with Gasteiger partial charge in [0.25, 0.3) is 0 Å². The lowest BCUT2D eigenvalue weighted by Crippen LogP contribution is -2.44. The van der Waals surface area contributed by atoms with Gasteiger partial charge in [-0.1, -0.05) is 41.5 Å². The summed E-state index contributed by atoms with van der Waals surface area (Å²) in [6.07, 6.45) is 0. The molecule has 0 aromatic heterocycles. The molecule has 1 aromatic rings. The van der Waals surface area contributed by atoms with E-state index in [-0.39, 0.29) is 10.1 Å². The summed E-state index contributed by atoms with van der Waals surface area (Å²) in [7, 11) is -2.12. The van der Waals surface area contributed by atoms with Gasteiger partial charge in [0, 0.05) is 18.2 Å². The lowest BCUT2D eigenvalue weighted by atomic mass is 10.2. The molecule has 5 heteroatoms. The third-order valence-corrected chi connectivity index (χ3v) is 14.2. The summed E-state index contributed by atoms with van der Waals surface area (Å²) in [6.45, 7) is 22.5. The Bertz CT molecular complexity index is 521. The van der Waals surface area contributed by atoms with E-state index in [2.05, 4.69) is 67.7 Å². The maximum Gasteiger partial charge on any atom is 0.250 e. The van der Waals surface area contributed by atoms with Crippen LogP contribution in [0.25, 0.3) is 0 Å². The van der Waals surface area contributed by atoms with Crippen LogP contribution in [0.4, 0.5) is 0 Å². The van der Waals surface area contributed by atoms with Crippen molar-refractivity contribution in [3.05, 3.63) is 18.2 Å². The molecule has 0 unspecified atom stereocenters. The van der Waals surface area contributed by atoms with Gasteiger partial charge in [-0.15, -0.1) is 0 Å². The second kappa shape index (κ2) is 6.75. The molecule has 0 saturated heterocycles. The first-order valence-electron chi connectivity index (χ1n) is 8.66. The van der Waals surface area contributed by atoms with Crippen molar-refractivity contribution in [1.29, 1.82) is 0 Å². The summed E-state index contributed by atoms with van der Waals surface area (Å²) in [6, 6.07) is 5.93. The van der Waals surface area contributed by atoms with E-state index in [0.717, 1.165) is 17.2 Å². The van der Waals surface area contributed by atoms with E-state index >= 15 is 0 Å². The van der Waals surface area contributed by atoms with E-state index in [9.17, 15) is 0 Å². The van der Waals surface area contributed by atoms with Crippen LogP contribution in [-0.2, 0) is 0 Å². The van der Waals surface area contributed by atoms with Gasteiger partial charge in [0.2, 0.25) is 16.6 Å². The summed E-state index contributed by atoms with van der Waals surface area (Å²) in [5, 5.41) is 0.299. The molecule has 138 valence electrons. The van der Waals surface area contributed by atoms with E-state index in [4.69, 9.17) is 13.6 Å². The molecule has 0 aliphatic heterocycles. The predicted molar refractivity (Wildman–Crippen MR) is 109 cm³/mol. The van der Waals surface area contributed by atoms with E-state index in [1.54, 1.807) is 7.11 Å². The maximum atomic E-state index is 6.44. The SMILES string of the molecule is COc1cc(O[Si](C)(C)C(C)(C)C)cc(O[Si](C)(C)C(C)(C)C)c1. The van der Waals surface area contributed by atoms with Crippen LogP contribution in [0.2, 0.25) is 36.3 Å². The van der Waals surface area contributed by atoms with Crippen LogP contribution in [0.15, 0.2) is 18.2 Å². The summed E-state index contributed by atoms with van der Waals surface area (Å²) >= 11 is 0. The van der Waals surface area contributed by atoms with Gasteiger partial charge in [-0.3, -0.25) is 0 Å². The van der Waals surface area contributed by atoms with Gasteiger partial charge in [-0.05, 0) is 36.3 Å². The third-order valence-electron chi connectivity index (χ3n) is 5.45. The molecular weight excluding hydrogens is 332 g/mol. The molecule has 0 N–H and O–H groups in total. The van der Waals surface area contributed by atoms with Gasteiger partial charge >= 0.3 is 0 Å². The van der Waals surface area contributed by atoms with Gasteiger partial charge < -0.3 is 13.6 Å². The molecule has 0 fully saturated rings. The van der Waals surface area contributed by atoms with Crippen LogP contribution < -0.4 is 13.6 Å². The molecule has 0 aliphatic carbocycles. The Morgan fingerprint density at radius 3 is 1.17 bits per heavy atom. The van der Waals surface area contributed by atoms with Crippen molar-refractivity contribution in [1.82, 2.24) is 0 Å². The Balaban J connectivity index is 3.18. The van der Waals surface area contributed by atoms with Crippen LogP contribution in [0, 0.1) is 0 Å². The lowest BCUT2D eigenvalue weighted by Gasteiger charge is -2.38. The fourth-order valence-corrected chi connectivity index (χ4v) is 3.70. The second-order valence-electron chi connectivity index (χ2n) is 9.57. The number of methoxy groups -OCH3 is 1. The molecule has 0 saturated carbocycles. The van der Waals surface area contributed by atoms with Crippen molar-refractivity contribution in [2.24, 2.45) is 0 Å². The largest absolute Gasteiger partial charge is 0.543 e. The molecule has 24 heavy (non-hydrogen) atoms. The van der Waals surface area contributed by atoms with E-state index in [1.807, 2.05) is 18.2 Å². The quantitative estimate of drug-likeness (QED) is 0.558. The Morgan fingerprint density at radius 1 is 0.625 bits per heavy atom. The highest BCUT2D eigenvalue weighted by molar-refractivity contribution is 6.75. The smallest absolute Gasteiger partial charge is 0.250 e. The molecule has 0 atom stereocenters. The minimum Gasteiger partial charge on any atom is -0.543 e. The first kappa shape index (κ1) is 21.1. The molecule has 0 heterocycles. The number of benzene rings is 1. The highest BCUT2D eigenvalue weighted by atomic mass is 28.4. The highest BCUT2D eigenvalue weighted by Gasteiger charge is 2.40. The lowest BCUT2D eigenvalue weighted by molar-refractivity contribution is 0.405. The van der Waals surface area contributed by atoms with Crippen molar-refractivity contribution in [2.45, 2.75) is 77.8 Å². The minimum atomic E-state index is -1.90. The molecule has 3 nitrogen and oxygen atoms in total. The number of ether oxygens (including phenoxy) is 1. The summed E-state index contributed by atoms with van der Waals surface area (Å²) in [4.78, 5) is 0. The fraction of sp³-hybridized carbons (Fsp3) is 0.684. The van der Waals surface area contributed by atoms with Crippen LogP contribution in [-0.4, -0.2) is 23.7 Å². The minimum absolute atomic E-state index is 0.149. The Kier molecular flexibility index (Phi) is 5.93. The summed E-state index contributed by atoms with van der Waals surface area (Å²) < 4.78 is 18.4. The van der Waals surface area contributed by atoms with E-state index < -0.39 is 16.6 Å². The number of hydrogen-bond acceptors (Lipinski definition) is 3. The van der Waals surface area contributed by atoms with Gasteiger partial charge in [-0.2, -0.15) is 0 Å². The summed E-state index contributed by atoms with van der Waals surface area (Å²) in [5.41, 5.74) is 0. The second-order valence-corrected chi connectivity index (χ2v) is 19.0. The average molecular weight is 369 g/mol. The Labute approximate surface area is 151 Å². The van der Waals surface area contributed by atoms with E-state index in [1.165, 1.54) is 0 Å². The maximum absolute atomic E-state index is 6.44. The van der Waals surface area contributed by atoms with Crippen molar-refractivity contribution >= 4 is 16.6 Å². The van der Waals surface area contributed by atoms with Crippen LogP contribution in [0.1, 0.15) is 41.5 Å². The zero-order chi connectivity index (χ0) is 19.0. The highest BCUT2D eigenvalue weighted by Crippen LogP contribution is 2.41. The Morgan fingerprint density at radius 2 is 0.917 bits per heavy atom. The zero-order valence-electron chi connectivity index (χ0n) is 17.5. The molecule has 0 radical (unpaired) electrons. The van der Waals surface area contributed by atoms with Crippen molar-refractivity contribution in [3.8, 4) is 17.2 Å². The number of hydrogen-bond donors (Lipinski definition) is 0. The monoisotopic (exact) mass is 368 g/mol. The van der Waals surface area contributed by atoms with Crippen LogP contribution in [0.3, 0.4) is 0 Å². The molecule has 0 spiro atoms. The fourth-order valence-electron chi connectivity index (χ4n) is 1.68. The van der Waals surface area contributed by atoms with Crippen molar-refractivity contribution < 1.29 is 13.6 Å². The van der Waals surface area contributed by atoms with Gasteiger partial charge in [0.15, 0.2) is 0 Å². The first-order valence-corrected chi connectivity index (χ1v) is 14.5. The van der Waals surface area contributed by atoms with Crippen molar-refractivity contribution in [3.63, 3.8) is 0 Å². The molecular formula is C19H36O3Si2. The molecule has 1 rings (SSSR count). The third kappa shape index (κ3) is 5.02.